The lowest BCUT2D eigenvalue weighted by Crippen LogP contribution is -2.34. The zero-order valence-corrected chi connectivity index (χ0v) is 12.4. The molecule has 2 saturated heterocycles. The molecule has 0 aromatic rings. The average Bonchev–Trinajstić information content (AvgIpc) is 2.41. The minimum atomic E-state index is 0. The molecule has 0 atom stereocenters. The lowest BCUT2D eigenvalue weighted by Gasteiger charge is -2.27. The zero-order chi connectivity index (χ0) is 11.8. The van der Waals surface area contributed by atoms with Crippen molar-refractivity contribution in [2.75, 3.05) is 46.4 Å². The van der Waals surface area contributed by atoms with E-state index in [0.29, 0.717) is 6.79 Å². The smallest absolute Gasteiger partial charge is 0.150 e. The molecule has 0 radical (unpaired) electrons. The van der Waals surface area contributed by atoms with Gasteiger partial charge < -0.3 is 9.47 Å². The largest absolute Gasteiger partial charge is 0.340 e. The number of rotatable bonds is 6. The Kier molecular flexibility index (Phi) is 9.06. The summed E-state index contributed by atoms with van der Waals surface area (Å²) in [6.45, 7) is 6.66. The van der Waals surface area contributed by atoms with E-state index in [1.165, 1.54) is 64.7 Å². The quantitative estimate of drug-likeness (QED) is 0.547. The van der Waals surface area contributed by atoms with Gasteiger partial charge in [0.1, 0.15) is 20.3 Å². The predicted molar refractivity (Wildman–Crippen MR) is 78.0 cm³/mol. The van der Waals surface area contributed by atoms with Gasteiger partial charge in [0.2, 0.25) is 0 Å². The minimum Gasteiger partial charge on any atom is -0.340 e. The summed E-state index contributed by atoms with van der Waals surface area (Å²) in [6.07, 6.45) is 8.02. The summed E-state index contributed by atoms with van der Waals surface area (Å²) < 4.78 is 11.1. The molecular formula is C13H28N2O2S. The van der Waals surface area contributed by atoms with Gasteiger partial charge in [0.25, 0.3) is 0 Å². The standard InChI is InChI=1S/C13H26N2O2.H2S/c1-3-7-14(8-4-1)11-16-13-17-12-15-9-5-2-6-10-15;/h1-13H2;1H2. The fourth-order valence-electron chi connectivity index (χ4n) is 2.57. The Morgan fingerprint density at radius 3 is 1.39 bits per heavy atom. The maximum atomic E-state index is 5.54. The third-order valence-electron chi connectivity index (χ3n) is 3.61. The van der Waals surface area contributed by atoms with E-state index in [9.17, 15) is 0 Å². The monoisotopic (exact) mass is 276 g/mol. The number of likely N-dealkylation sites (tertiary alicyclic amines) is 2. The van der Waals surface area contributed by atoms with Gasteiger partial charge in [0, 0.05) is 26.2 Å². The van der Waals surface area contributed by atoms with Crippen LogP contribution in [-0.2, 0) is 9.47 Å². The summed E-state index contributed by atoms with van der Waals surface area (Å²) in [7, 11) is 0. The lowest BCUT2D eigenvalue weighted by molar-refractivity contribution is -0.119. The summed E-state index contributed by atoms with van der Waals surface area (Å²) in [5.74, 6) is 0. The van der Waals surface area contributed by atoms with E-state index >= 15 is 0 Å². The number of piperidine rings is 2. The van der Waals surface area contributed by atoms with Crippen LogP contribution in [0.1, 0.15) is 38.5 Å². The molecule has 5 heteroatoms. The molecule has 0 unspecified atom stereocenters. The Labute approximate surface area is 118 Å². The van der Waals surface area contributed by atoms with Crippen LogP contribution in [0.5, 0.6) is 0 Å². The summed E-state index contributed by atoms with van der Waals surface area (Å²) >= 11 is 0. The molecule has 0 amide bonds. The van der Waals surface area contributed by atoms with Crippen LogP contribution < -0.4 is 0 Å². The SMILES string of the molecule is C1CCN(COCOCN2CCCCC2)CC1.S. The van der Waals surface area contributed by atoms with Crippen molar-refractivity contribution in [1.82, 2.24) is 9.80 Å². The van der Waals surface area contributed by atoms with Crippen LogP contribution in [0.2, 0.25) is 0 Å². The molecule has 0 aromatic heterocycles. The highest BCUT2D eigenvalue weighted by Crippen LogP contribution is 2.09. The average molecular weight is 276 g/mol. The van der Waals surface area contributed by atoms with Gasteiger partial charge in [0.15, 0.2) is 0 Å². The molecule has 0 bridgehead atoms. The third kappa shape index (κ3) is 6.38. The van der Waals surface area contributed by atoms with E-state index in [1.54, 1.807) is 0 Å². The molecule has 0 aliphatic carbocycles. The van der Waals surface area contributed by atoms with Gasteiger partial charge in [-0.1, -0.05) is 12.8 Å². The highest BCUT2D eigenvalue weighted by Gasteiger charge is 2.11. The van der Waals surface area contributed by atoms with Crippen molar-refractivity contribution in [2.45, 2.75) is 38.5 Å². The van der Waals surface area contributed by atoms with Crippen molar-refractivity contribution in [3.63, 3.8) is 0 Å². The highest BCUT2D eigenvalue weighted by molar-refractivity contribution is 7.59. The van der Waals surface area contributed by atoms with Gasteiger partial charge in [-0.2, -0.15) is 13.5 Å². The lowest BCUT2D eigenvalue weighted by atomic mass is 10.1. The first-order valence-corrected chi connectivity index (χ1v) is 7.05. The van der Waals surface area contributed by atoms with E-state index in [2.05, 4.69) is 9.80 Å². The summed E-state index contributed by atoms with van der Waals surface area (Å²) in [6, 6.07) is 0. The zero-order valence-electron chi connectivity index (χ0n) is 11.4. The van der Waals surface area contributed by atoms with Crippen molar-refractivity contribution in [1.29, 1.82) is 0 Å². The second-order valence-electron chi connectivity index (χ2n) is 5.14. The molecule has 0 saturated carbocycles. The summed E-state index contributed by atoms with van der Waals surface area (Å²) in [5, 5.41) is 0. The molecule has 0 spiro atoms. The second kappa shape index (κ2) is 10.0. The molecule has 4 nitrogen and oxygen atoms in total. The minimum absolute atomic E-state index is 0. The van der Waals surface area contributed by atoms with Crippen molar-refractivity contribution in [2.24, 2.45) is 0 Å². The van der Waals surface area contributed by atoms with Gasteiger partial charge in [-0.3, -0.25) is 9.80 Å². The van der Waals surface area contributed by atoms with Crippen LogP contribution in [0, 0.1) is 0 Å². The van der Waals surface area contributed by atoms with Crippen LogP contribution >= 0.6 is 13.5 Å². The fourth-order valence-corrected chi connectivity index (χ4v) is 2.57. The Bertz CT molecular complexity index is 175. The normalized spacial score (nSPS) is 22.7. The number of hydrogen-bond donors (Lipinski definition) is 0. The maximum absolute atomic E-state index is 5.54. The Balaban J connectivity index is 0.00000162. The first-order valence-electron chi connectivity index (χ1n) is 7.05. The van der Waals surface area contributed by atoms with E-state index in [0.717, 1.165) is 13.5 Å². The van der Waals surface area contributed by atoms with E-state index in [-0.39, 0.29) is 13.5 Å². The molecule has 2 heterocycles. The van der Waals surface area contributed by atoms with E-state index < -0.39 is 0 Å². The molecule has 108 valence electrons. The van der Waals surface area contributed by atoms with Crippen LogP contribution in [0.3, 0.4) is 0 Å². The van der Waals surface area contributed by atoms with E-state index in [1.807, 2.05) is 0 Å². The molecule has 18 heavy (non-hydrogen) atoms. The van der Waals surface area contributed by atoms with Crippen molar-refractivity contribution >= 4 is 13.5 Å². The third-order valence-corrected chi connectivity index (χ3v) is 3.61. The highest BCUT2D eigenvalue weighted by atomic mass is 32.1. The van der Waals surface area contributed by atoms with E-state index in [4.69, 9.17) is 9.47 Å². The first-order chi connectivity index (χ1) is 8.45. The molecule has 2 aliphatic rings. The molecule has 2 aliphatic heterocycles. The fraction of sp³-hybridized carbons (Fsp3) is 1.00. The molecular weight excluding hydrogens is 248 g/mol. The van der Waals surface area contributed by atoms with Gasteiger partial charge in [-0.15, -0.1) is 0 Å². The Hall–Kier alpha value is 0.190. The molecule has 0 N–H and O–H groups in total. The maximum Gasteiger partial charge on any atom is 0.150 e. The van der Waals surface area contributed by atoms with Crippen LogP contribution in [0.4, 0.5) is 0 Å². The Morgan fingerprint density at radius 2 is 1.00 bits per heavy atom. The number of nitrogens with zero attached hydrogens (tertiary/aromatic N) is 2. The molecule has 2 fully saturated rings. The van der Waals surface area contributed by atoms with Crippen LogP contribution in [0.15, 0.2) is 0 Å². The summed E-state index contributed by atoms with van der Waals surface area (Å²) in [5.41, 5.74) is 0. The number of hydrogen-bond acceptors (Lipinski definition) is 4. The molecule has 2 rings (SSSR count). The van der Waals surface area contributed by atoms with Gasteiger partial charge in [-0.25, -0.2) is 0 Å². The Morgan fingerprint density at radius 1 is 0.611 bits per heavy atom. The first kappa shape index (κ1) is 16.2. The van der Waals surface area contributed by atoms with Gasteiger partial charge >= 0.3 is 0 Å². The topological polar surface area (TPSA) is 24.9 Å². The van der Waals surface area contributed by atoms with Crippen molar-refractivity contribution < 1.29 is 9.47 Å². The summed E-state index contributed by atoms with van der Waals surface area (Å²) in [4.78, 5) is 4.74. The second-order valence-corrected chi connectivity index (χ2v) is 5.14. The number of ether oxygens (including phenoxy) is 2. The molecule has 0 aromatic carbocycles. The predicted octanol–water partition coefficient (Wildman–Crippen LogP) is 1.98. The van der Waals surface area contributed by atoms with Gasteiger partial charge in [-0.05, 0) is 25.7 Å². The van der Waals surface area contributed by atoms with Gasteiger partial charge in [0.05, 0.1) is 0 Å². The van der Waals surface area contributed by atoms with Crippen LogP contribution in [0.25, 0.3) is 0 Å². The van der Waals surface area contributed by atoms with Crippen molar-refractivity contribution in [3.8, 4) is 0 Å². The van der Waals surface area contributed by atoms with Crippen LogP contribution in [-0.4, -0.2) is 56.2 Å². The van der Waals surface area contributed by atoms with Crippen molar-refractivity contribution in [3.05, 3.63) is 0 Å².